The smallest absolute Gasteiger partial charge is 0.159 e. The van der Waals surface area contributed by atoms with Gasteiger partial charge in [-0.3, -0.25) is 4.79 Å². The molecule has 1 aliphatic carbocycles. The summed E-state index contributed by atoms with van der Waals surface area (Å²) in [6, 6.07) is 16.9. The zero-order chi connectivity index (χ0) is 15.5. The van der Waals surface area contributed by atoms with Crippen molar-refractivity contribution in [1.29, 1.82) is 0 Å². The third-order valence-corrected chi connectivity index (χ3v) is 4.63. The molecule has 1 saturated carbocycles. The van der Waals surface area contributed by atoms with E-state index in [-0.39, 0.29) is 0 Å². The SMILES string of the molecule is Cc1ccccc1C/C(=C1\CCCC1=O)c1ccccc1C. The molecule has 2 aromatic carbocycles. The molecule has 0 saturated heterocycles. The Morgan fingerprint density at radius 3 is 2.23 bits per heavy atom. The Bertz CT molecular complexity index is 737. The van der Waals surface area contributed by atoms with Crippen LogP contribution in [-0.2, 0) is 11.2 Å². The van der Waals surface area contributed by atoms with E-state index in [2.05, 4.69) is 62.4 Å². The van der Waals surface area contributed by atoms with Crippen molar-refractivity contribution in [2.75, 3.05) is 0 Å². The quantitative estimate of drug-likeness (QED) is 0.723. The summed E-state index contributed by atoms with van der Waals surface area (Å²) in [6.07, 6.45) is 3.47. The van der Waals surface area contributed by atoms with Gasteiger partial charge in [-0.1, -0.05) is 48.5 Å². The molecule has 0 heterocycles. The van der Waals surface area contributed by atoms with Crippen molar-refractivity contribution in [2.24, 2.45) is 0 Å². The third-order valence-electron chi connectivity index (χ3n) is 4.63. The first-order valence-electron chi connectivity index (χ1n) is 8.02. The van der Waals surface area contributed by atoms with Crippen molar-refractivity contribution < 1.29 is 4.79 Å². The van der Waals surface area contributed by atoms with Crippen LogP contribution >= 0.6 is 0 Å². The number of rotatable bonds is 3. The number of allylic oxidation sites excluding steroid dienone is 2. The van der Waals surface area contributed by atoms with E-state index in [1.54, 1.807) is 0 Å². The molecular weight excluding hydrogens is 268 g/mol. The Morgan fingerprint density at radius 2 is 1.59 bits per heavy atom. The average Bonchev–Trinajstić information content (AvgIpc) is 2.93. The lowest BCUT2D eigenvalue weighted by atomic mass is 9.89. The van der Waals surface area contributed by atoms with E-state index in [0.29, 0.717) is 12.2 Å². The van der Waals surface area contributed by atoms with E-state index in [9.17, 15) is 4.79 Å². The first-order valence-corrected chi connectivity index (χ1v) is 8.02. The van der Waals surface area contributed by atoms with E-state index in [0.717, 1.165) is 24.8 Å². The molecule has 0 aromatic heterocycles. The standard InChI is InChI=1S/C21H22O/c1-15-8-3-5-10-17(15)14-20(19-12-7-13-21(19)22)18-11-6-4-9-16(18)2/h3-6,8-11H,7,12-14H2,1-2H3/b20-19-. The molecule has 1 aliphatic rings. The summed E-state index contributed by atoms with van der Waals surface area (Å²) >= 11 is 0. The van der Waals surface area contributed by atoms with E-state index >= 15 is 0 Å². The molecule has 0 N–H and O–H groups in total. The second-order valence-corrected chi connectivity index (χ2v) is 6.15. The van der Waals surface area contributed by atoms with Crippen LogP contribution in [0, 0.1) is 13.8 Å². The van der Waals surface area contributed by atoms with E-state index in [1.807, 2.05) is 0 Å². The van der Waals surface area contributed by atoms with Gasteiger partial charge < -0.3 is 0 Å². The van der Waals surface area contributed by atoms with Crippen molar-refractivity contribution in [3.8, 4) is 0 Å². The molecule has 1 nitrogen and oxygen atoms in total. The van der Waals surface area contributed by atoms with E-state index < -0.39 is 0 Å². The molecule has 1 fully saturated rings. The molecule has 0 bridgehead atoms. The molecule has 0 aliphatic heterocycles. The van der Waals surface area contributed by atoms with Gasteiger partial charge in [0.15, 0.2) is 5.78 Å². The highest BCUT2D eigenvalue weighted by Crippen LogP contribution is 2.33. The first kappa shape index (κ1) is 14.8. The lowest BCUT2D eigenvalue weighted by molar-refractivity contribution is -0.114. The fourth-order valence-corrected chi connectivity index (χ4v) is 3.31. The van der Waals surface area contributed by atoms with Crippen LogP contribution in [0.2, 0.25) is 0 Å². The Balaban J connectivity index is 2.11. The highest BCUT2D eigenvalue weighted by molar-refractivity contribution is 6.04. The van der Waals surface area contributed by atoms with Crippen molar-refractivity contribution >= 4 is 11.4 Å². The van der Waals surface area contributed by atoms with Crippen LogP contribution in [0.3, 0.4) is 0 Å². The van der Waals surface area contributed by atoms with Gasteiger partial charge in [-0.2, -0.15) is 0 Å². The van der Waals surface area contributed by atoms with Crippen molar-refractivity contribution in [2.45, 2.75) is 39.5 Å². The number of carbonyl (C=O) groups excluding carboxylic acids is 1. The molecule has 0 spiro atoms. The fraction of sp³-hybridized carbons (Fsp3) is 0.286. The summed E-state index contributed by atoms with van der Waals surface area (Å²) in [4.78, 5) is 12.3. The highest BCUT2D eigenvalue weighted by Gasteiger charge is 2.23. The minimum Gasteiger partial charge on any atom is -0.295 e. The normalized spacial score (nSPS) is 16.9. The third kappa shape index (κ3) is 2.89. The summed E-state index contributed by atoms with van der Waals surface area (Å²) in [5.74, 6) is 0.340. The first-order chi connectivity index (χ1) is 10.7. The summed E-state index contributed by atoms with van der Waals surface area (Å²) in [5, 5.41) is 0. The van der Waals surface area contributed by atoms with Crippen molar-refractivity contribution in [3.63, 3.8) is 0 Å². The van der Waals surface area contributed by atoms with Gasteiger partial charge in [0, 0.05) is 6.42 Å². The van der Waals surface area contributed by atoms with E-state index in [1.165, 1.54) is 27.8 Å². The number of benzene rings is 2. The second-order valence-electron chi connectivity index (χ2n) is 6.15. The summed E-state index contributed by atoms with van der Waals surface area (Å²) in [5.41, 5.74) is 7.37. The molecule has 3 rings (SSSR count). The van der Waals surface area contributed by atoms with Crippen LogP contribution in [0.15, 0.2) is 54.1 Å². The molecular formula is C21H22O. The van der Waals surface area contributed by atoms with Crippen molar-refractivity contribution in [3.05, 3.63) is 76.4 Å². The van der Waals surface area contributed by atoms with Gasteiger partial charge in [-0.25, -0.2) is 0 Å². The Kier molecular flexibility index (Phi) is 4.24. The predicted octanol–water partition coefficient (Wildman–Crippen LogP) is 5.05. The molecule has 0 amide bonds. The Labute approximate surface area is 132 Å². The number of hydrogen-bond acceptors (Lipinski definition) is 1. The zero-order valence-electron chi connectivity index (χ0n) is 13.4. The maximum absolute atomic E-state index is 12.3. The Morgan fingerprint density at radius 1 is 0.909 bits per heavy atom. The highest BCUT2D eigenvalue weighted by atomic mass is 16.1. The fourth-order valence-electron chi connectivity index (χ4n) is 3.31. The summed E-state index contributed by atoms with van der Waals surface area (Å²) in [6.45, 7) is 4.28. The lowest BCUT2D eigenvalue weighted by Gasteiger charge is -2.15. The number of ketones is 1. The topological polar surface area (TPSA) is 17.1 Å². The molecule has 0 atom stereocenters. The van der Waals surface area contributed by atoms with Crippen LogP contribution in [0.5, 0.6) is 0 Å². The predicted molar refractivity (Wildman–Crippen MR) is 91.8 cm³/mol. The number of Topliss-reactive ketones (excluding diaryl/α,β-unsaturated/α-hetero) is 1. The molecule has 2 aromatic rings. The number of aryl methyl sites for hydroxylation is 2. The second kappa shape index (κ2) is 6.31. The monoisotopic (exact) mass is 290 g/mol. The van der Waals surface area contributed by atoms with Gasteiger partial charge in [0.2, 0.25) is 0 Å². The minimum absolute atomic E-state index is 0.340. The van der Waals surface area contributed by atoms with E-state index in [4.69, 9.17) is 0 Å². The average molecular weight is 290 g/mol. The maximum atomic E-state index is 12.3. The summed E-state index contributed by atoms with van der Waals surface area (Å²) < 4.78 is 0. The zero-order valence-corrected chi connectivity index (χ0v) is 13.4. The molecule has 0 unspecified atom stereocenters. The van der Waals surface area contributed by atoms with Crippen LogP contribution in [0.4, 0.5) is 0 Å². The molecule has 0 radical (unpaired) electrons. The van der Waals surface area contributed by atoms with Crippen LogP contribution in [0.25, 0.3) is 5.57 Å². The lowest BCUT2D eigenvalue weighted by Crippen LogP contribution is -2.03. The minimum atomic E-state index is 0.340. The van der Waals surface area contributed by atoms with Crippen LogP contribution in [0.1, 0.15) is 41.5 Å². The van der Waals surface area contributed by atoms with Crippen LogP contribution < -0.4 is 0 Å². The largest absolute Gasteiger partial charge is 0.295 e. The van der Waals surface area contributed by atoms with Gasteiger partial charge in [0.25, 0.3) is 0 Å². The molecule has 1 heteroatoms. The Hall–Kier alpha value is -2.15. The van der Waals surface area contributed by atoms with Gasteiger partial charge in [-0.05, 0) is 66.5 Å². The van der Waals surface area contributed by atoms with Gasteiger partial charge in [0.1, 0.15) is 0 Å². The number of hydrogen-bond donors (Lipinski definition) is 0. The summed E-state index contributed by atoms with van der Waals surface area (Å²) in [7, 11) is 0. The molecule has 112 valence electrons. The van der Waals surface area contributed by atoms with Gasteiger partial charge in [-0.15, -0.1) is 0 Å². The van der Waals surface area contributed by atoms with Gasteiger partial charge >= 0.3 is 0 Å². The van der Waals surface area contributed by atoms with Gasteiger partial charge in [0.05, 0.1) is 0 Å². The number of carbonyl (C=O) groups is 1. The van der Waals surface area contributed by atoms with Crippen molar-refractivity contribution in [1.82, 2.24) is 0 Å². The molecule has 22 heavy (non-hydrogen) atoms. The van der Waals surface area contributed by atoms with Crippen LogP contribution in [-0.4, -0.2) is 5.78 Å². The maximum Gasteiger partial charge on any atom is 0.159 e.